The summed E-state index contributed by atoms with van der Waals surface area (Å²) in [6.45, 7) is 2.22. The summed E-state index contributed by atoms with van der Waals surface area (Å²) >= 11 is 2.05. The van der Waals surface area contributed by atoms with Gasteiger partial charge < -0.3 is 5.73 Å². The normalized spacial score (nSPS) is 30.0. The molecule has 0 spiro atoms. The van der Waals surface area contributed by atoms with Crippen LogP contribution in [0.2, 0.25) is 0 Å². The summed E-state index contributed by atoms with van der Waals surface area (Å²) in [4.78, 5) is 0. The van der Waals surface area contributed by atoms with Gasteiger partial charge in [-0.3, -0.25) is 0 Å². The molecule has 1 saturated carbocycles. The molecule has 2 heteroatoms. The van der Waals surface area contributed by atoms with E-state index in [2.05, 4.69) is 6.92 Å². The summed E-state index contributed by atoms with van der Waals surface area (Å²) in [5.74, 6) is 3.46. The van der Waals surface area contributed by atoms with Crippen molar-refractivity contribution in [3.63, 3.8) is 0 Å². The van der Waals surface area contributed by atoms with Crippen molar-refractivity contribution in [1.29, 1.82) is 0 Å². The van der Waals surface area contributed by atoms with E-state index in [-0.39, 0.29) is 0 Å². The molecule has 66 valence electrons. The van der Waals surface area contributed by atoms with Crippen molar-refractivity contribution in [2.45, 2.75) is 38.6 Å². The van der Waals surface area contributed by atoms with Crippen LogP contribution in [0.15, 0.2) is 0 Å². The molecule has 0 amide bonds. The lowest BCUT2D eigenvalue weighted by Gasteiger charge is -2.33. The first kappa shape index (κ1) is 9.40. The molecular formula is C9H19NS. The van der Waals surface area contributed by atoms with Crippen LogP contribution in [0.3, 0.4) is 0 Å². The van der Waals surface area contributed by atoms with Crippen LogP contribution in [0.25, 0.3) is 0 Å². The molecule has 0 radical (unpaired) electrons. The third kappa shape index (κ3) is 3.04. The Labute approximate surface area is 74.1 Å². The third-order valence-electron chi connectivity index (χ3n) is 2.54. The molecule has 1 aliphatic rings. The number of thioether (sulfide) groups is 1. The highest BCUT2D eigenvalue weighted by atomic mass is 32.2. The first-order valence-corrected chi connectivity index (χ1v) is 5.83. The van der Waals surface area contributed by atoms with Crippen LogP contribution >= 0.6 is 11.8 Å². The van der Waals surface area contributed by atoms with Gasteiger partial charge in [-0.25, -0.2) is 0 Å². The van der Waals surface area contributed by atoms with E-state index in [0.717, 1.165) is 5.92 Å². The highest BCUT2D eigenvalue weighted by molar-refractivity contribution is 7.99. The molecule has 1 nitrogen and oxygen atoms in total. The second kappa shape index (κ2) is 5.04. The van der Waals surface area contributed by atoms with Gasteiger partial charge in [0.2, 0.25) is 0 Å². The summed E-state index contributed by atoms with van der Waals surface area (Å²) in [7, 11) is 0. The Hall–Kier alpha value is 0.310. The molecule has 2 N–H and O–H groups in total. The summed E-state index contributed by atoms with van der Waals surface area (Å²) < 4.78 is 0. The summed E-state index contributed by atoms with van der Waals surface area (Å²) in [5, 5.41) is 0. The fourth-order valence-electron chi connectivity index (χ4n) is 1.55. The molecule has 0 aromatic heterocycles. The molecule has 2 atom stereocenters. The lowest BCUT2D eigenvalue weighted by molar-refractivity contribution is 0.240. The molecule has 0 aromatic carbocycles. The molecule has 0 heterocycles. The molecule has 11 heavy (non-hydrogen) atoms. The van der Waals surface area contributed by atoms with E-state index in [9.17, 15) is 0 Å². The van der Waals surface area contributed by atoms with Crippen LogP contribution in [0.4, 0.5) is 0 Å². The maximum Gasteiger partial charge on any atom is 0.00672 e. The van der Waals surface area contributed by atoms with Gasteiger partial charge in [-0.05, 0) is 43.1 Å². The molecule has 1 aliphatic carbocycles. The lowest BCUT2D eigenvalue weighted by Crippen LogP contribution is -2.39. The quantitative estimate of drug-likeness (QED) is 0.645. The van der Waals surface area contributed by atoms with E-state index >= 15 is 0 Å². The van der Waals surface area contributed by atoms with Gasteiger partial charge in [0.05, 0.1) is 0 Å². The zero-order valence-corrected chi connectivity index (χ0v) is 8.20. The van der Waals surface area contributed by atoms with Gasteiger partial charge in [-0.1, -0.05) is 6.92 Å². The van der Waals surface area contributed by atoms with E-state index in [1.807, 2.05) is 11.8 Å². The van der Waals surface area contributed by atoms with Crippen molar-refractivity contribution >= 4 is 11.8 Å². The van der Waals surface area contributed by atoms with Crippen molar-refractivity contribution in [2.24, 2.45) is 11.7 Å². The first-order valence-electron chi connectivity index (χ1n) is 4.68. The second-order valence-corrected chi connectivity index (χ2v) is 4.73. The zero-order valence-electron chi connectivity index (χ0n) is 7.38. The van der Waals surface area contributed by atoms with Gasteiger partial charge in [-0.15, -0.1) is 0 Å². The number of hydrogen-bond donors (Lipinski definition) is 1. The Bertz CT molecular complexity index is 106. The van der Waals surface area contributed by atoms with Crippen molar-refractivity contribution < 1.29 is 0 Å². The second-order valence-electron chi connectivity index (χ2n) is 3.34. The molecule has 0 bridgehead atoms. The maximum absolute atomic E-state index is 5.83. The van der Waals surface area contributed by atoms with E-state index in [4.69, 9.17) is 5.73 Å². The van der Waals surface area contributed by atoms with Crippen molar-refractivity contribution in [2.75, 3.05) is 11.5 Å². The van der Waals surface area contributed by atoms with E-state index < -0.39 is 0 Å². The SMILES string of the molecule is CCSCCCC1CCC1N. The topological polar surface area (TPSA) is 26.0 Å². The van der Waals surface area contributed by atoms with Crippen LogP contribution in [-0.4, -0.2) is 17.5 Å². The van der Waals surface area contributed by atoms with Crippen LogP contribution in [0.5, 0.6) is 0 Å². The summed E-state index contributed by atoms with van der Waals surface area (Å²) in [5.41, 5.74) is 5.83. The minimum absolute atomic E-state index is 0.543. The lowest BCUT2D eigenvalue weighted by atomic mass is 9.77. The fraction of sp³-hybridized carbons (Fsp3) is 1.00. The van der Waals surface area contributed by atoms with E-state index in [0.29, 0.717) is 6.04 Å². The maximum atomic E-state index is 5.83. The minimum Gasteiger partial charge on any atom is -0.327 e. The summed E-state index contributed by atoms with van der Waals surface area (Å²) in [6, 6.07) is 0.543. The highest BCUT2D eigenvalue weighted by Crippen LogP contribution is 2.29. The van der Waals surface area contributed by atoms with Gasteiger partial charge in [0.15, 0.2) is 0 Å². The van der Waals surface area contributed by atoms with Gasteiger partial charge in [0, 0.05) is 6.04 Å². The average Bonchev–Trinajstić information content (AvgIpc) is 2.02. The molecule has 1 fully saturated rings. The smallest absolute Gasteiger partial charge is 0.00672 e. The van der Waals surface area contributed by atoms with Crippen molar-refractivity contribution in [3.05, 3.63) is 0 Å². The standard InChI is InChI=1S/C9H19NS/c1-2-11-7-3-4-8-5-6-9(8)10/h8-9H,2-7,10H2,1H3. The number of nitrogens with two attached hydrogens (primary N) is 1. The van der Waals surface area contributed by atoms with Crippen LogP contribution in [0.1, 0.15) is 32.6 Å². The fourth-order valence-corrected chi connectivity index (χ4v) is 2.20. The zero-order chi connectivity index (χ0) is 8.10. The number of hydrogen-bond acceptors (Lipinski definition) is 2. The molecular weight excluding hydrogens is 154 g/mol. The van der Waals surface area contributed by atoms with Crippen LogP contribution in [-0.2, 0) is 0 Å². The van der Waals surface area contributed by atoms with Crippen molar-refractivity contribution in [3.8, 4) is 0 Å². The van der Waals surface area contributed by atoms with Gasteiger partial charge >= 0.3 is 0 Å². The van der Waals surface area contributed by atoms with Crippen molar-refractivity contribution in [1.82, 2.24) is 0 Å². The van der Waals surface area contributed by atoms with Gasteiger partial charge in [0.1, 0.15) is 0 Å². The Morgan fingerprint density at radius 3 is 2.73 bits per heavy atom. The monoisotopic (exact) mass is 173 g/mol. The molecule has 0 aliphatic heterocycles. The Morgan fingerprint density at radius 1 is 1.45 bits per heavy atom. The van der Waals surface area contributed by atoms with E-state index in [1.165, 1.54) is 37.2 Å². The van der Waals surface area contributed by atoms with Crippen LogP contribution in [0, 0.1) is 5.92 Å². The third-order valence-corrected chi connectivity index (χ3v) is 3.53. The molecule has 1 rings (SSSR count). The van der Waals surface area contributed by atoms with E-state index in [1.54, 1.807) is 0 Å². The first-order chi connectivity index (χ1) is 5.34. The Morgan fingerprint density at radius 2 is 2.27 bits per heavy atom. The minimum atomic E-state index is 0.543. The predicted molar refractivity (Wildman–Crippen MR) is 52.9 cm³/mol. The Balaban J connectivity index is 1.87. The largest absolute Gasteiger partial charge is 0.327 e. The van der Waals surface area contributed by atoms with Gasteiger partial charge in [0.25, 0.3) is 0 Å². The Kier molecular flexibility index (Phi) is 4.31. The summed E-state index contributed by atoms with van der Waals surface area (Å²) in [6.07, 6.45) is 5.40. The highest BCUT2D eigenvalue weighted by Gasteiger charge is 2.26. The molecule has 0 saturated heterocycles. The molecule has 0 aromatic rings. The van der Waals surface area contributed by atoms with Gasteiger partial charge in [-0.2, -0.15) is 11.8 Å². The number of rotatable bonds is 5. The molecule has 2 unspecified atom stereocenters. The van der Waals surface area contributed by atoms with Crippen LogP contribution < -0.4 is 5.73 Å². The average molecular weight is 173 g/mol. The predicted octanol–water partition coefficient (Wildman–Crippen LogP) is 2.26.